The molecule has 5 aromatic rings. The number of aromatic nitrogens is 4. The van der Waals surface area contributed by atoms with Crippen molar-refractivity contribution >= 4 is 33.3 Å². The first kappa shape index (κ1) is 19.7. The average molecular weight is 418 g/mol. The van der Waals surface area contributed by atoms with Gasteiger partial charge in [0, 0.05) is 34.3 Å². The van der Waals surface area contributed by atoms with E-state index in [0.29, 0.717) is 11.2 Å². The van der Waals surface area contributed by atoms with Crippen molar-refractivity contribution in [2.24, 2.45) is 0 Å². The highest BCUT2D eigenvalue weighted by Gasteiger charge is 2.18. The van der Waals surface area contributed by atoms with E-state index in [-0.39, 0.29) is 11.6 Å². The normalized spacial score (nSPS) is 10.8. The highest BCUT2D eigenvalue weighted by atomic mass is 32.1. The zero-order chi connectivity index (χ0) is 21.3. The standard InChI is InChI=1S/C20H13FN4S.C3H6O/c1-11-9-26-10-14(11)18-15(21)7-24-20-19(18)13-5-16(23-8-17(13)25-20)12-3-2-4-22-6-12;1-3(2)4/h2-10H,1H3,(H,24,25);4H,1H2,2H3. The highest BCUT2D eigenvalue weighted by Crippen LogP contribution is 2.38. The van der Waals surface area contributed by atoms with Gasteiger partial charge in [0.25, 0.3) is 0 Å². The predicted molar refractivity (Wildman–Crippen MR) is 120 cm³/mol. The first-order chi connectivity index (χ1) is 14.5. The molecule has 30 heavy (non-hydrogen) atoms. The molecule has 5 rings (SSSR count). The lowest BCUT2D eigenvalue weighted by Gasteiger charge is -2.06. The molecule has 150 valence electrons. The van der Waals surface area contributed by atoms with Crippen LogP contribution in [0.25, 0.3) is 44.3 Å². The van der Waals surface area contributed by atoms with E-state index < -0.39 is 0 Å². The lowest BCUT2D eigenvalue weighted by molar-refractivity contribution is 0.417. The fraction of sp³-hybridized carbons (Fsp3) is 0.0870. The van der Waals surface area contributed by atoms with Gasteiger partial charge in [-0.15, -0.1) is 0 Å². The van der Waals surface area contributed by atoms with Crippen LogP contribution in [0.1, 0.15) is 12.5 Å². The molecule has 0 saturated carbocycles. The van der Waals surface area contributed by atoms with Crippen molar-refractivity contribution in [2.45, 2.75) is 13.8 Å². The highest BCUT2D eigenvalue weighted by molar-refractivity contribution is 7.08. The van der Waals surface area contributed by atoms with Gasteiger partial charge in [-0.05, 0) is 53.9 Å². The fourth-order valence-electron chi connectivity index (χ4n) is 3.29. The summed E-state index contributed by atoms with van der Waals surface area (Å²) in [5.41, 5.74) is 5.75. The molecule has 7 heteroatoms. The summed E-state index contributed by atoms with van der Waals surface area (Å²) in [6.45, 7) is 6.63. The summed E-state index contributed by atoms with van der Waals surface area (Å²) in [6.07, 6.45) is 6.54. The van der Waals surface area contributed by atoms with Gasteiger partial charge < -0.3 is 10.1 Å². The van der Waals surface area contributed by atoms with Crippen LogP contribution in [0, 0.1) is 12.7 Å². The van der Waals surface area contributed by atoms with E-state index in [9.17, 15) is 4.39 Å². The number of aryl methyl sites for hydroxylation is 1. The zero-order valence-corrected chi connectivity index (χ0v) is 17.3. The molecule has 0 aliphatic heterocycles. The van der Waals surface area contributed by atoms with Crippen molar-refractivity contribution in [1.29, 1.82) is 0 Å². The molecular formula is C23H19FN4OS. The second kappa shape index (κ2) is 8.04. The van der Waals surface area contributed by atoms with Crippen LogP contribution < -0.4 is 0 Å². The Kier molecular flexibility index (Phi) is 5.29. The van der Waals surface area contributed by atoms with E-state index in [2.05, 4.69) is 26.5 Å². The number of aromatic amines is 1. The maximum Gasteiger partial charge on any atom is 0.150 e. The number of aliphatic hydroxyl groups is 1. The average Bonchev–Trinajstić information content (AvgIpc) is 3.31. The molecule has 0 bridgehead atoms. The Morgan fingerprint density at radius 2 is 2.00 bits per heavy atom. The van der Waals surface area contributed by atoms with Crippen LogP contribution >= 0.6 is 11.3 Å². The van der Waals surface area contributed by atoms with Crippen LogP contribution in [-0.2, 0) is 0 Å². The summed E-state index contributed by atoms with van der Waals surface area (Å²) in [6, 6.07) is 5.80. The summed E-state index contributed by atoms with van der Waals surface area (Å²) in [4.78, 5) is 16.2. The number of pyridine rings is 3. The Bertz CT molecular complexity index is 1350. The lowest BCUT2D eigenvalue weighted by atomic mass is 10.0. The Balaban J connectivity index is 0.000000503. The van der Waals surface area contributed by atoms with Gasteiger partial charge in [-0.25, -0.2) is 9.37 Å². The molecule has 0 aromatic carbocycles. The van der Waals surface area contributed by atoms with Gasteiger partial charge >= 0.3 is 0 Å². The maximum atomic E-state index is 14.8. The smallest absolute Gasteiger partial charge is 0.150 e. The van der Waals surface area contributed by atoms with Crippen molar-refractivity contribution < 1.29 is 9.50 Å². The first-order valence-electron chi connectivity index (χ1n) is 9.19. The predicted octanol–water partition coefficient (Wildman–Crippen LogP) is 6.43. The minimum Gasteiger partial charge on any atom is -0.513 e. The SMILES string of the molecule is C=C(C)O.Cc1cscc1-c1c(F)cnc2[nH]c3cnc(-c4cccnc4)cc3c12. The number of rotatable bonds is 2. The van der Waals surface area contributed by atoms with E-state index in [1.165, 1.54) is 13.1 Å². The number of nitrogens with one attached hydrogen (secondary N) is 1. The largest absolute Gasteiger partial charge is 0.513 e. The molecule has 0 saturated heterocycles. The van der Waals surface area contributed by atoms with Crippen molar-refractivity contribution in [3.63, 3.8) is 0 Å². The minimum absolute atomic E-state index is 0.167. The number of fused-ring (bicyclic) bond motifs is 3. The molecule has 0 amide bonds. The summed E-state index contributed by atoms with van der Waals surface area (Å²) in [5.74, 6) is -0.153. The second-order valence-corrected chi connectivity index (χ2v) is 7.63. The van der Waals surface area contributed by atoms with Gasteiger partial charge in [-0.1, -0.05) is 6.58 Å². The number of hydrogen-bond donors (Lipinski definition) is 2. The molecule has 5 aromatic heterocycles. The molecule has 0 aliphatic rings. The number of nitrogens with zero attached hydrogens (tertiary/aromatic N) is 3. The van der Waals surface area contributed by atoms with Gasteiger partial charge in [0.15, 0.2) is 0 Å². The number of hydrogen-bond acceptors (Lipinski definition) is 5. The molecule has 5 nitrogen and oxygen atoms in total. The van der Waals surface area contributed by atoms with Crippen LogP contribution in [0.3, 0.4) is 0 Å². The van der Waals surface area contributed by atoms with E-state index in [1.54, 1.807) is 29.9 Å². The fourth-order valence-corrected chi connectivity index (χ4v) is 4.13. The topological polar surface area (TPSA) is 74.7 Å². The van der Waals surface area contributed by atoms with E-state index in [0.717, 1.165) is 38.7 Å². The summed E-state index contributed by atoms with van der Waals surface area (Å²) in [5, 5.41) is 13.6. The molecule has 0 aliphatic carbocycles. The third-order valence-electron chi connectivity index (χ3n) is 4.54. The van der Waals surface area contributed by atoms with Crippen molar-refractivity contribution in [3.8, 4) is 22.4 Å². The number of aliphatic hydroxyl groups excluding tert-OH is 1. The Morgan fingerprint density at radius 3 is 2.67 bits per heavy atom. The van der Waals surface area contributed by atoms with Crippen LogP contribution in [-0.4, -0.2) is 25.0 Å². The number of thiophene rings is 1. The quantitative estimate of drug-likeness (QED) is 0.324. The molecule has 0 fully saturated rings. The summed E-state index contributed by atoms with van der Waals surface area (Å²) < 4.78 is 14.8. The molecule has 0 unspecified atom stereocenters. The Hall–Kier alpha value is -3.58. The van der Waals surface area contributed by atoms with Crippen LogP contribution in [0.2, 0.25) is 0 Å². The monoisotopic (exact) mass is 418 g/mol. The maximum absolute atomic E-state index is 14.8. The molecule has 2 N–H and O–H groups in total. The molecule has 0 radical (unpaired) electrons. The summed E-state index contributed by atoms with van der Waals surface area (Å²) >= 11 is 1.57. The van der Waals surface area contributed by atoms with Gasteiger partial charge in [0.2, 0.25) is 0 Å². The number of allylic oxidation sites excluding steroid dienone is 1. The molecule has 5 heterocycles. The van der Waals surface area contributed by atoms with Crippen LogP contribution in [0.4, 0.5) is 4.39 Å². The van der Waals surface area contributed by atoms with Crippen molar-refractivity contribution in [3.05, 3.63) is 77.5 Å². The Morgan fingerprint density at radius 1 is 1.20 bits per heavy atom. The molecule has 0 atom stereocenters. The van der Waals surface area contributed by atoms with E-state index in [4.69, 9.17) is 5.11 Å². The molecule has 0 spiro atoms. The van der Waals surface area contributed by atoms with Crippen molar-refractivity contribution in [1.82, 2.24) is 19.9 Å². The summed E-state index contributed by atoms with van der Waals surface area (Å²) in [7, 11) is 0. The van der Waals surface area contributed by atoms with Gasteiger partial charge in [0.1, 0.15) is 11.5 Å². The third kappa shape index (κ3) is 3.67. The minimum atomic E-state index is -0.320. The van der Waals surface area contributed by atoms with Gasteiger partial charge in [-0.2, -0.15) is 11.3 Å². The van der Waals surface area contributed by atoms with Crippen molar-refractivity contribution in [2.75, 3.05) is 0 Å². The Labute approximate surface area is 176 Å². The van der Waals surface area contributed by atoms with Crippen LogP contribution in [0.15, 0.2) is 66.1 Å². The second-order valence-electron chi connectivity index (χ2n) is 6.89. The van der Waals surface area contributed by atoms with E-state index >= 15 is 0 Å². The molecular weight excluding hydrogens is 399 g/mol. The first-order valence-corrected chi connectivity index (χ1v) is 10.1. The zero-order valence-electron chi connectivity index (χ0n) is 16.5. The number of H-pyrrole nitrogens is 1. The third-order valence-corrected chi connectivity index (χ3v) is 5.40. The van der Waals surface area contributed by atoms with Crippen LogP contribution in [0.5, 0.6) is 0 Å². The lowest BCUT2D eigenvalue weighted by Crippen LogP contribution is -1.89. The number of halogens is 1. The van der Waals surface area contributed by atoms with Gasteiger partial charge in [0.05, 0.1) is 29.4 Å². The van der Waals surface area contributed by atoms with E-state index in [1.807, 2.05) is 35.9 Å². The van der Waals surface area contributed by atoms with Gasteiger partial charge in [-0.3, -0.25) is 9.97 Å².